The van der Waals surface area contributed by atoms with Crippen molar-refractivity contribution in [3.05, 3.63) is 38.4 Å². The maximum Gasteiger partial charge on any atom is 0.257 e. The summed E-state index contributed by atoms with van der Waals surface area (Å²) in [6.45, 7) is 3.09. The van der Waals surface area contributed by atoms with Crippen LogP contribution in [0.4, 0.5) is 5.13 Å². The van der Waals surface area contributed by atoms with Crippen LogP contribution in [0.15, 0.2) is 24.3 Å². The van der Waals surface area contributed by atoms with Gasteiger partial charge >= 0.3 is 0 Å². The third-order valence-electron chi connectivity index (χ3n) is 3.60. The van der Waals surface area contributed by atoms with Crippen molar-refractivity contribution in [1.29, 1.82) is 0 Å². The second-order valence-electron chi connectivity index (χ2n) is 5.30. The minimum Gasteiger partial charge on any atom is -0.297 e. The number of piperidine rings is 1. The molecule has 0 saturated carbocycles. The minimum absolute atomic E-state index is 0.142. The molecule has 0 unspecified atom stereocenters. The molecule has 0 aliphatic carbocycles. The summed E-state index contributed by atoms with van der Waals surface area (Å²) in [4.78, 5) is 14.5. The lowest BCUT2D eigenvalue weighted by Gasteiger charge is -2.24. The van der Waals surface area contributed by atoms with Crippen LogP contribution in [0.25, 0.3) is 0 Å². The average Bonchev–Trinajstić information content (AvgIpc) is 2.96. The van der Waals surface area contributed by atoms with Gasteiger partial charge in [-0.1, -0.05) is 17.8 Å². The van der Waals surface area contributed by atoms with E-state index in [1.807, 2.05) is 24.3 Å². The number of aromatic nitrogens is 2. The van der Waals surface area contributed by atoms with E-state index in [0.29, 0.717) is 10.7 Å². The number of benzene rings is 1. The third kappa shape index (κ3) is 4.23. The first-order chi connectivity index (χ1) is 10.7. The van der Waals surface area contributed by atoms with Crippen LogP contribution in [0, 0.1) is 3.57 Å². The van der Waals surface area contributed by atoms with Gasteiger partial charge in [-0.2, -0.15) is 0 Å². The van der Waals surface area contributed by atoms with Gasteiger partial charge in [0.05, 0.1) is 6.54 Å². The molecule has 3 rings (SSSR count). The van der Waals surface area contributed by atoms with Crippen LogP contribution in [-0.2, 0) is 6.54 Å². The molecule has 7 heteroatoms. The normalized spacial score (nSPS) is 15.7. The van der Waals surface area contributed by atoms with Gasteiger partial charge in [-0.15, -0.1) is 10.2 Å². The highest BCUT2D eigenvalue weighted by atomic mass is 127. The molecule has 1 N–H and O–H groups in total. The first kappa shape index (κ1) is 15.8. The Hall–Kier alpha value is -1.06. The fourth-order valence-corrected chi connectivity index (χ4v) is 3.58. The summed E-state index contributed by atoms with van der Waals surface area (Å²) in [6, 6.07) is 7.45. The Kier molecular flexibility index (Phi) is 5.37. The van der Waals surface area contributed by atoms with Crippen LogP contribution in [0.2, 0.25) is 0 Å². The predicted octanol–water partition coefficient (Wildman–Crippen LogP) is 3.38. The van der Waals surface area contributed by atoms with Gasteiger partial charge in [-0.3, -0.25) is 15.0 Å². The predicted molar refractivity (Wildman–Crippen MR) is 96.1 cm³/mol. The first-order valence-corrected chi connectivity index (χ1v) is 9.22. The van der Waals surface area contributed by atoms with Crippen molar-refractivity contribution in [2.24, 2.45) is 0 Å². The van der Waals surface area contributed by atoms with Gasteiger partial charge < -0.3 is 0 Å². The van der Waals surface area contributed by atoms with Crippen LogP contribution >= 0.6 is 33.9 Å². The van der Waals surface area contributed by atoms with Crippen LogP contribution in [-0.4, -0.2) is 34.1 Å². The summed E-state index contributed by atoms with van der Waals surface area (Å²) in [6.07, 6.45) is 3.84. The summed E-state index contributed by atoms with van der Waals surface area (Å²) in [7, 11) is 0. The number of carbonyl (C=O) groups is 1. The topological polar surface area (TPSA) is 58.1 Å². The van der Waals surface area contributed by atoms with Gasteiger partial charge in [-0.05, 0) is 72.8 Å². The number of amides is 1. The zero-order valence-electron chi connectivity index (χ0n) is 12.1. The number of likely N-dealkylation sites (tertiary alicyclic amines) is 1. The maximum absolute atomic E-state index is 12.1. The molecular formula is C15H17IN4OS. The molecule has 0 spiro atoms. The largest absolute Gasteiger partial charge is 0.297 e. The quantitative estimate of drug-likeness (QED) is 0.759. The molecule has 5 nitrogen and oxygen atoms in total. The molecule has 2 heterocycles. The van der Waals surface area contributed by atoms with Gasteiger partial charge in [0.25, 0.3) is 5.91 Å². The Morgan fingerprint density at radius 3 is 2.64 bits per heavy atom. The second-order valence-corrected chi connectivity index (χ2v) is 7.61. The highest BCUT2D eigenvalue weighted by Gasteiger charge is 2.14. The Labute approximate surface area is 147 Å². The van der Waals surface area contributed by atoms with E-state index in [-0.39, 0.29) is 5.91 Å². The molecule has 1 aromatic heterocycles. The monoisotopic (exact) mass is 428 g/mol. The van der Waals surface area contributed by atoms with E-state index in [1.54, 1.807) is 0 Å². The second kappa shape index (κ2) is 7.47. The van der Waals surface area contributed by atoms with Crippen LogP contribution in [0.5, 0.6) is 0 Å². The van der Waals surface area contributed by atoms with Crippen molar-refractivity contribution in [1.82, 2.24) is 15.1 Å². The minimum atomic E-state index is -0.142. The molecule has 0 radical (unpaired) electrons. The molecule has 0 bridgehead atoms. The summed E-state index contributed by atoms with van der Waals surface area (Å²) < 4.78 is 1.11. The average molecular weight is 428 g/mol. The standard InChI is InChI=1S/C15H17IN4OS/c16-12-6-4-11(5-7-12)14(21)17-15-19-18-13(22-15)10-20-8-2-1-3-9-20/h4-7H,1-3,8-10H2,(H,17,19,21). The van der Waals surface area contributed by atoms with Gasteiger partial charge in [0.15, 0.2) is 0 Å². The van der Waals surface area contributed by atoms with E-state index >= 15 is 0 Å². The number of rotatable bonds is 4. The van der Waals surface area contributed by atoms with Crippen molar-refractivity contribution in [3.63, 3.8) is 0 Å². The lowest BCUT2D eigenvalue weighted by Crippen LogP contribution is -2.28. The van der Waals surface area contributed by atoms with Gasteiger partial charge in [0.1, 0.15) is 5.01 Å². The van der Waals surface area contributed by atoms with E-state index in [2.05, 4.69) is 43.0 Å². The summed E-state index contributed by atoms with van der Waals surface area (Å²) >= 11 is 3.67. The molecule has 1 aliphatic rings. The number of halogens is 1. The first-order valence-electron chi connectivity index (χ1n) is 7.32. The van der Waals surface area contributed by atoms with Crippen LogP contribution < -0.4 is 5.32 Å². The Bertz CT molecular complexity index is 637. The van der Waals surface area contributed by atoms with Crippen molar-refractivity contribution >= 4 is 45.0 Å². The molecule has 2 aromatic rings. The van der Waals surface area contributed by atoms with E-state index in [1.165, 1.54) is 30.6 Å². The Morgan fingerprint density at radius 2 is 1.91 bits per heavy atom. The molecule has 1 aromatic carbocycles. The van der Waals surface area contributed by atoms with E-state index in [4.69, 9.17) is 0 Å². The number of carbonyl (C=O) groups excluding carboxylic acids is 1. The van der Waals surface area contributed by atoms with Crippen molar-refractivity contribution in [3.8, 4) is 0 Å². The Balaban J connectivity index is 1.58. The van der Waals surface area contributed by atoms with Gasteiger partial charge in [-0.25, -0.2) is 0 Å². The molecule has 1 fully saturated rings. The molecule has 1 saturated heterocycles. The highest BCUT2D eigenvalue weighted by Crippen LogP contribution is 2.20. The zero-order valence-corrected chi connectivity index (χ0v) is 15.1. The summed E-state index contributed by atoms with van der Waals surface area (Å²) in [5.41, 5.74) is 0.633. The zero-order chi connectivity index (χ0) is 15.4. The molecular weight excluding hydrogens is 411 g/mol. The summed E-state index contributed by atoms with van der Waals surface area (Å²) in [5, 5.41) is 12.6. The van der Waals surface area contributed by atoms with Gasteiger partial charge in [0, 0.05) is 9.13 Å². The number of hydrogen-bond acceptors (Lipinski definition) is 5. The van der Waals surface area contributed by atoms with E-state index < -0.39 is 0 Å². The fourth-order valence-electron chi connectivity index (χ4n) is 2.45. The van der Waals surface area contributed by atoms with Crippen LogP contribution in [0.3, 0.4) is 0 Å². The Morgan fingerprint density at radius 1 is 1.18 bits per heavy atom. The van der Waals surface area contributed by atoms with Crippen LogP contribution in [0.1, 0.15) is 34.6 Å². The van der Waals surface area contributed by atoms with Crippen molar-refractivity contribution in [2.45, 2.75) is 25.8 Å². The van der Waals surface area contributed by atoms with Crippen molar-refractivity contribution in [2.75, 3.05) is 18.4 Å². The number of hydrogen-bond donors (Lipinski definition) is 1. The number of nitrogens with zero attached hydrogens (tertiary/aromatic N) is 3. The molecule has 1 amide bonds. The molecule has 0 atom stereocenters. The SMILES string of the molecule is O=C(Nc1nnc(CN2CCCCC2)s1)c1ccc(I)cc1. The third-order valence-corrected chi connectivity index (χ3v) is 5.14. The highest BCUT2D eigenvalue weighted by molar-refractivity contribution is 14.1. The lowest BCUT2D eigenvalue weighted by molar-refractivity contribution is 0.102. The molecule has 22 heavy (non-hydrogen) atoms. The number of anilines is 1. The lowest BCUT2D eigenvalue weighted by atomic mass is 10.1. The fraction of sp³-hybridized carbons (Fsp3) is 0.400. The number of nitrogens with one attached hydrogen (secondary N) is 1. The molecule has 1 aliphatic heterocycles. The van der Waals surface area contributed by atoms with E-state index in [9.17, 15) is 4.79 Å². The smallest absolute Gasteiger partial charge is 0.257 e. The maximum atomic E-state index is 12.1. The summed E-state index contributed by atoms with van der Waals surface area (Å²) in [5.74, 6) is -0.142. The molecule has 116 valence electrons. The van der Waals surface area contributed by atoms with Gasteiger partial charge in [0.2, 0.25) is 5.13 Å². The van der Waals surface area contributed by atoms with Crippen molar-refractivity contribution < 1.29 is 4.79 Å². The van der Waals surface area contributed by atoms with E-state index in [0.717, 1.165) is 28.2 Å².